The van der Waals surface area contributed by atoms with Gasteiger partial charge in [0, 0.05) is 12.1 Å². The van der Waals surface area contributed by atoms with Gasteiger partial charge in [-0.3, -0.25) is 0 Å². The Morgan fingerprint density at radius 1 is 0.933 bits per heavy atom. The van der Waals surface area contributed by atoms with Gasteiger partial charge in [0.2, 0.25) is 0 Å². The smallest absolute Gasteiger partial charge is 0.0759 e. The van der Waals surface area contributed by atoms with Crippen molar-refractivity contribution < 1.29 is 0 Å². The van der Waals surface area contributed by atoms with Crippen LogP contribution in [0, 0.1) is 6.92 Å². The van der Waals surface area contributed by atoms with Crippen molar-refractivity contribution in [1.82, 2.24) is 0 Å². The van der Waals surface area contributed by atoms with Crippen molar-refractivity contribution in [3.8, 4) is 0 Å². The molecular weight excluding hydrogens is 184 g/mol. The first-order valence-corrected chi connectivity index (χ1v) is 5.43. The molecule has 2 nitrogen and oxygen atoms in total. The molecule has 0 saturated heterocycles. The molecule has 0 atom stereocenters. The number of rotatable bonds is 1. The van der Waals surface area contributed by atoms with Crippen LogP contribution in [0.3, 0.4) is 0 Å². The van der Waals surface area contributed by atoms with Gasteiger partial charge in [0.1, 0.15) is 0 Å². The number of hydrogen-bond donors (Lipinski definition) is 0. The average Bonchev–Trinajstić information content (AvgIpc) is 2.69. The Morgan fingerprint density at radius 2 is 1.53 bits per heavy atom. The largest absolute Gasteiger partial charge is 0.160 e. The maximum absolute atomic E-state index is 4.12. The summed E-state index contributed by atoms with van der Waals surface area (Å²) < 4.78 is 0. The van der Waals surface area contributed by atoms with Crippen LogP contribution >= 0.6 is 0 Å². The minimum absolute atomic E-state index is 0.892. The molecule has 0 amide bonds. The average molecular weight is 202 g/mol. The van der Waals surface area contributed by atoms with E-state index in [0.29, 0.717) is 0 Å². The third-order valence-electron chi connectivity index (χ3n) is 2.15. The normalized spacial score (nSPS) is 13.9. The Balaban J connectivity index is 0.000000531. The van der Waals surface area contributed by atoms with E-state index in [1.165, 1.54) is 11.1 Å². The molecule has 2 rings (SSSR count). The first kappa shape index (κ1) is 11.6. The third-order valence-corrected chi connectivity index (χ3v) is 2.15. The van der Waals surface area contributed by atoms with E-state index in [-0.39, 0.29) is 0 Å². The molecule has 0 spiro atoms. The van der Waals surface area contributed by atoms with E-state index in [0.717, 1.165) is 17.8 Å². The molecule has 2 heteroatoms. The molecular formula is C13H18N2. The molecule has 0 aromatic heterocycles. The first-order valence-electron chi connectivity index (χ1n) is 5.43. The minimum Gasteiger partial charge on any atom is -0.160 e. The number of hydrogen-bond acceptors (Lipinski definition) is 2. The Kier molecular flexibility index (Phi) is 4.22. The van der Waals surface area contributed by atoms with Crippen molar-refractivity contribution in [1.29, 1.82) is 0 Å². The maximum atomic E-state index is 4.12. The monoisotopic (exact) mass is 202 g/mol. The summed E-state index contributed by atoms with van der Waals surface area (Å²) in [6.07, 6.45) is 0.892. The van der Waals surface area contributed by atoms with E-state index < -0.39 is 0 Å². The minimum atomic E-state index is 0.892. The van der Waals surface area contributed by atoms with Gasteiger partial charge in [0.15, 0.2) is 0 Å². The summed E-state index contributed by atoms with van der Waals surface area (Å²) in [6, 6.07) is 8.40. The molecule has 0 aliphatic carbocycles. The van der Waals surface area contributed by atoms with Gasteiger partial charge < -0.3 is 0 Å². The lowest BCUT2D eigenvalue weighted by molar-refractivity contribution is 1.26. The van der Waals surface area contributed by atoms with Crippen LogP contribution in [0.4, 0.5) is 0 Å². The molecule has 80 valence electrons. The van der Waals surface area contributed by atoms with Gasteiger partial charge >= 0.3 is 0 Å². The van der Waals surface area contributed by atoms with E-state index >= 15 is 0 Å². The van der Waals surface area contributed by atoms with Gasteiger partial charge in [0.25, 0.3) is 0 Å². The number of aryl methyl sites for hydroxylation is 1. The number of nitrogens with zero attached hydrogens (tertiary/aromatic N) is 2. The molecule has 1 aliphatic rings. The van der Waals surface area contributed by atoms with Crippen LogP contribution in [0.2, 0.25) is 0 Å². The van der Waals surface area contributed by atoms with Gasteiger partial charge in [0.05, 0.1) is 5.71 Å². The first-order chi connectivity index (χ1) is 7.25. The predicted molar refractivity (Wildman–Crippen MR) is 66.8 cm³/mol. The fraction of sp³-hybridized carbons (Fsp3) is 0.385. The lowest BCUT2D eigenvalue weighted by Gasteiger charge is -1.99. The molecule has 1 aromatic rings. The fourth-order valence-electron chi connectivity index (χ4n) is 1.36. The van der Waals surface area contributed by atoms with Gasteiger partial charge in [-0.2, -0.15) is 10.2 Å². The molecule has 15 heavy (non-hydrogen) atoms. The third kappa shape index (κ3) is 3.01. The lowest BCUT2D eigenvalue weighted by atomic mass is 10.0. The highest BCUT2D eigenvalue weighted by atomic mass is 15.2. The van der Waals surface area contributed by atoms with Crippen molar-refractivity contribution in [3.63, 3.8) is 0 Å². The van der Waals surface area contributed by atoms with Gasteiger partial charge in [-0.15, -0.1) is 0 Å². The molecule has 0 N–H and O–H groups in total. The summed E-state index contributed by atoms with van der Waals surface area (Å²) in [4.78, 5) is 0. The van der Waals surface area contributed by atoms with Crippen LogP contribution < -0.4 is 0 Å². The van der Waals surface area contributed by atoms with E-state index in [4.69, 9.17) is 0 Å². The zero-order valence-corrected chi connectivity index (χ0v) is 9.91. The summed E-state index contributed by atoms with van der Waals surface area (Å²) in [6.45, 7) is 8.09. The zero-order valence-electron chi connectivity index (χ0n) is 9.91. The fourth-order valence-corrected chi connectivity index (χ4v) is 1.36. The summed E-state index contributed by atoms with van der Waals surface area (Å²) in [7, 11) is 0. The standard InChI is InChI=1S/C11H12N2.C2H6/c1-8-3-5-10(6-4-8)11-7-9(2)12-13-11;1-2/h3-6H,7H2,1-2H3;1-2H3. The maximum Gasteiger partial charge on any atom is 0.0759 e. The Bertz CT molecular complexity index is 372. The van der Waals surface area contributed by atoms with Crippen molar-refractivity contribution in [2.45, 2.75) is 34.1 Å². The highest BCUT2D eigenvalue weighted by molar-refractivity contribution is 6.14. The second kappa shape index (κ2) is 5.44. The van der Waals surface area contributed by atoms with Crippen LogP contribution in [-0.4, -0.2) is 11.4 Å². The second-order valence-corrected chi connectivity index (χ2v) is 3.42. The van der Waals surface area contributed by atoms with Crippen LogP contribution in [0.1, 0.15) is 38.3 Å². The van der Waals surface area contributed by atoms with E-state index in [9.17, 15) is 0 Å². The zero-order chi connectivity index (χ0) is 11.3. The van der Waals surface area contributed by atoms with Crippen LogP contribution in [0.5, 0.6) is 0 Å². The van der Waals surface area contributed by atoms with Crippen LogP contribution in [-0.2, 0) is 0 Å². The SMILES string of the molecule is CC.CC1=NN=C(c2ccc(C)cc2)C1. The van der Waals surface area contributed by atoms with Crippen LogP contribution in [0.15, 0.2) is 34.5 Å². The summed E-state index contributed by atoms with van der Waals surface area (Å²) in [5, 5.41) is 8.14. The Morgan fingerprint density at radius 3 is 2.00 bits per heavy atom. The molecule has 0 fully saturated rings. The van der Waals surface area contributed by atoms with E-state index in [1.807, 2.05) is 20.8 Å². The van der Waals surface area contributed by atoms with E-state index in [2.05, 4.69) is 41.4 Å². The summed E-state index contributed by atoms with van der Waals surface area (Å²) in [5.74, 6) is 0. The topological polar surface area (TPSA) is 24.7 Å². The van der Waals surface area contributed by atoms with Crippen molar-refractivity contribution in [2.24, 2.45) is 10.2 Å². The molecule has 0 unspecified atom stereocenters. The Labute approximate surface area is 91.7 Å². The summed E-state index contributed by atoms with van der Waals surface area (Å²) in [5.41, 5.74) is 4.64. The quantitative estimate of drug-likeness (QED) is 0.665. The highest BCUT2D eigenvalue weighted by Crippen LogP contribution is 2.12. The molecule has 1 heterocycles. The van der Waals surface area contributed by atoms with Gasteiger partial charge in [-0.1, -0.05) is 43.7 Å². The van der Waals surface area contributed by atoms with Gasteiger partial charge in [-0.25, -0.2) is 0 Å². The lowest BCUT2D eigenvalue weighted by Crippen LogP contribution is -2.00. The molecule has 0 radical (unpaired) electrons. The summed E-state index contributed by atoms with van der Waals surface area (Å²) >= 11 is 0. The molecule has 1 aromatic carbocycles. The Hall–Kier alpha value is -1.44. The van der Waals surface area contributed by atoms with Crippen LogP contribution in [0.25, 0.3) is 0 Å². The van der Waals surface area contributed by atoms with Crippen molar-refractivity contribution in [2.75, 3.05) is 0 Å². The van der Waals surface area contributed by atoms with E-state index in [1.54, 1.807) is 0 Å². The molecule has 0 saturated carbocycles. The van der Waals surface area contributed by atoms with Crippen molar-refractivity contribution >= 4 is 11.4 Å². The predicted octanol–water partition coefficient (Wildman–Crippen LogP) is 3.59. The highest BCUT2D eigenvalue weighted by Gasteiger charge is 2.09. The molecule has 1 aliphatic heterocycles. The molecule has 0 bridgehead atoms. The second-order valence-electron chi connectivity index (χ2n) is 3.42. The number of benzene rings is 1. The van der Waals surface area contributed by atoms with Crippen molar-refractivity contribution in [3.05, 3.63) is 35.4 Å². The van der Waals surface area contributed by atoms with Gasteiger partial charge in [-0.05, 0) is 19.4 Å².